The Labute approximate surface area is 194 Å². The van der Waals surface area contributed by atoms with Crippen molar-refractivity contribution in [1.29, 1.82) is 0 Å². The number of hydrogen-bond donors (Lipinski definition) is 0. The van der Waals surface area contributed by atoms with Crippen molar-refractivity contribution in [3.63, 3.8) is 0 Å². The highest BCUT2D eigenvalue weighted by Gasteiger charge is 2.28. The van der Waals surface area contributed by atoms with Crippen molar-refractivity contribution < 1.29 is 19.0 Å². The first kappa shape index (κ1) is 21.0. The van der Waals surface area contributed by atoms with Gasteiger partial charge in [0, 0.05) is 16.1 Å². The number of esters is 1. The van der Waals surface area contributed by atoms with E-state index in [2.05, 4.69) is 4.98 Å². The van der Waals surface area contributed by atoms with Gasteiger partial charge in [-0.3, -0.25) is 4.57 Å². The maximum absolute atomic E-state index is 12.5. The van der Waals surface area contributed by atoms with Gasteiger partial charge in [0.15, 0.2) is 28.8 Å². The van der Waals surface area contributed by atoms with Gasteiger partial charge in [-0.1, -0.05) is 11.6 Å². The van der Waals surface area contributed by atoms with E-state index in [4.69, 9.17) is 35.9 Å². The third-order valence-electron chi connectivity index (χ3n) is 5.41. The smallest absolute Gasteiger partial charge is 0.358 e. The van der Waals surface area contributed by atoms with Gasteiger partial charge in [0.2, 0.25) is 0 Å². The molecule has 9 nitrogen and oxygen atoms in total. The van der Waals surface area contributed by atoms with Crippen LogP contribution in [0.4, 0.5) is 0 Å². The lowest BCUT2D eigenvalue weighted by Crippen LogP contribution is -2.12. The van der Waals surface area contributed by atoms with E-state index in [1.807, 2.05) is 28.8 Å². The van der Waals surface area contributed by atoms with Crippen molar-refractivity contribution in [2.75, 3.05) is 20.8 Å². The number of benzene rings is 2. The molecule has 0 spiro atoms. The molecule has 0 amide bonds. The average Bonchev–Trinajstić information content (AvgIpc) is 3.41. The van der Waals surface area contributed by atoms with Crippen LogP contribution in [-0.2, 0) is 11.3 Å². The molecule has 2 aromatic heterocycles. The predicted molar refractivity (Wildman–Crippen MR) is 121 cm³/mol. The van der Waals surface area contributed by atoms with E-state index in [0.29, 0.717) is 33.9 Å². The van der Waals surface area contributed by atoms with Crippen molar-refractivity contribution in [2.24, 2.45) is 0 Å². The zero-order valence-corrected chi connectivity index (χ0v) is 19.0. The molecule has 0 unspecified atom stereocenters. The zero-order valence-electron chi connectivity index (χ0n) is 18.2. The molecule has 0 bridgehead atoms. The molecule has 1 aliphatic rings. The van der Waals surface area contributed by atoms with Crippen LogP contribution in [0.2, 0.25) is 5.02 Å². The van der Waals surface area contributed by atoms with Crippen LogP contribution in [0.25, 0.3) is 28.5 Å². The molecule has 168 valence electrons. The van der Waals surface area contributed by atoms with Crippen molar-refractivity contribution >= 4 is 17.6 Å². The number of aromatic nitrogens is 5. The summed E-state index contributed by atoms with van der Waals surface area (Å²) in [4.78, 5) is 21.7. The van der Waals surface area contributed by atoms with Crippen molar-refractivity contribution in [1.82, 2.24) is 24.3 Å². The quantitative estimate of drug-likeness (QED) is 0.362. The van der Waals surface area contributed by atoms with Crippen molar-refractivity contribution in [3.05, 3.63) is 59.1 Å². The maximum Gasteiger partial charge on any atom is 0.358 e. The molecule has 5 rings (SSSR count). The summed E-state index contributed by atoms with van der Waals surface area (Å²) < 4.78 is 19.6. The van der Waals surface area contributed by atoms with Gasteiger partial charge in [0.05, 0.1) is 38.8 Å². The third-order valence-corrected chi connectivity index (χ3v) is 5.64. The van der Waals surface area contributed by atoms with Gasteiger partial charge >= 0.3 is 5.97 Å². The van der Waals surface area contributed by atoms with Gasteiger partial charge in [-0.25, -0.2) is 19.4 Å². The highest BCUT2D eigenvalue weighted by Crippen LogP contribution is 2.36. The first-order valence-corrected chi connectivity index (χ1v) is 10.6. The molecule has 3 heterocycles. The van der Waals surface area contributed by atoms with Crippen LogP contribution in [0.15, 0.2) is 42.7 Å². The zero-order chi connectivity index (χ0) is 23.1. The number of carbonyl (C=O) groups is 1. The number of methoxy groups -OCH3 is 2. The SMILES string of the molecule is CCOC(=O)c1ncn2c1Cn1nc(-c3ccc(OC)c(OC)c3)nc1-c1cc(Cl)ccc1-2. The highest BCUT2D eigenvalue weighted by atomic mass is 35.5. The van der Waals surface area contributed by atoms with Crippen molar-refractivity contribution in [2.45, 2.75) is 13.5 Å². The fraction of sp³-hybridized carbons (Fsp3) is 0.217. The molecule has 4 aromatic rings. The Morgan fingerprint density at radius 3 is 2.70 bits per heavy atom. The number of halogens is 1. The largest absolute Gasteiger partial charge is 0.493 e. The normalized spacial score (nSPS) is 11.8. The number of nitrogens with zero attached hydrogens (tertiary/aromatic N) is 5. The Morgan fingerprint density at radius 1 is 1.12 bits per heavy atom. The molecular weight excluding hydrogens is 446 g/mol. The second-order valence-corrected chi connectivity index (χ2v) is 7.71. The molecule has 2 aromatic carbocycles. The summed E-state index contributed by atoms with van der Waals surface area (Å²) in [5, 5.41) is 5.30. The van der Waals surface area contributed by atoms with Crippen LogP contribution in [0, 0.1) is 0 Å². The van der Waals surface area contributed by atoms with Crippen LogP contribution >= 0.6 is 11.6 Å². The highest BCUT2D eigenvalue weighted by molar-refractivity contribution is 6.31. The Kier molecular flexibility index (Phi) is 5.26. The fourth-order valence-electron chi connectivity index (χ4n) is 3.89. The maximum atomic E-state index is 12.5. The van der Waals surface area contributed by atoms with E-state index in [9.17, 15) is 4.79 Å². The summed E-state index contributed by atoms with van der Waals surface area (Å²) in [5.41, 5.74) is 3.22. The molecule has 0 saturated heterocycles. The first-order valence-electron chi connectivity index (χ1n) is 10.2. The van der Waals surface area contributed by atoms with E-state index in [0.717, 1.165) is 16.8 Å². The van der Waals surface area contributed by atoms with E-state index >= 15 is 0 Å². The fourth-order valence-corrected chi connectivity index (χ4v) is 4.06. The summed E-state index contributed by atoms with van der Waals surface area (Å²) in [6, 6.07) is 11.0. The summed E-state index contributed by atoms with van der Waals surface area (Å²) >= 11 is 6.33. The average molecular weight is 466 g/mol. The van der Waals surface area contributed by atoms with Crippen LogP contribution in [0.3, 0.4) is 0 Å². The number of hydrogen-bond acceptors (Lipinski definition) is 7. The van der Waals surface area contributed by atoms with Gasteiger partial charge in [-0.2, -0.15) is 5.10 Å². The minimum atomic E-state index is -0.481. The van der Waals surface area contributed by atoms with Crippen LogP contribution in [-0.4, -0.2) is 51.1 Å². The van der Waals surface area contributed by atoms with E-state index in [-0.39, 0.29) is 18.8 Å². The molecule has 0 aliphatic carbocycles. The lowest BCUT2D eigenvalue weighted by atomic mass is 10.1. The van der Waals surface area contributed by atoms with E-state index in [1.165, 1.54) is 0 Å². The Hall–Kier alpha value is -3.85. The minimum Gasteiger partial charge on any atom is -0.493 e. The summed E-state index contributed by atoms with van der Waals surface area (Å²) in [7, 11) is 3.16. The number of imidazole rings is 1. The predicted octanol–water partition coefficient (Wildman–Crippen LogP) is 4.01. The lowest BCUT2D eigenvalue weighted by Gasteiger charge is -2.09. The van der Waals surface area contributed by atoms with Gasteiger partial charge < -0.3 is 14.2 Å². The Bertz CT molecular complexity index is 1380. The Balaban J connectivity index is 1.69. The molecule has 1 aliphatic heterocycles. The second kappa shape index (κ2) is 8.25. The van der Waals surface area contributed by atoms with Crippen molar-refractivity contribution in [3.8, 4) is 40.0 Å². The molecule has 10 heteroatoms. The topological polar surface area (TPSA) is 93.3 Å². The van der Waals surface area contributed by atoms with Gasteiger partial charge in [-0.15, -0.1) is 0 Å². The Morgan fingerprint density at radius 2 is 1.94 bits per heavy atom. The van der Waals surface area contributed by atoms with Crippen LogP contribution < -0.4 is 9.47 Å². The monoisotopic (exact) mass is 465 g/mol. The van der Waals surface area contributed by atoms with Gasteiger partial charge in [-0.05, 0) is 43.3 Å². The standard InChI is InChI=1S/C23H20ClN5O4/c1-4-33-23(30)20-17-11-29-22(15-10-14(24)6-7-16(15)28(17)12-25-20)26-21(27-29)13-5-8-18(31-2)19(9-13)32-3/h5-10,12H,4,11H2,1-3H3. The number of rotatable bonds is 5. The molecular formula is C23H20ClN5O4. The number of carbonyl (C=O) groups excluding carboxylic acids is 1. The lowest BCUT2D eigenvalue weighted by molar-refractivity contribution is 0.0518. The third kappa shape index (κ3) is 3.50. The summed E-state index contributed by atoms with van der Waals surface area (Å²) in [6.45, 7) is 2.29. The second-order valence-electron chi connectivity index (χ2n) is 7.28. The van der Waals surface area contributed by atoms with Gasteiger partial charge in [0.25, 0.3) is 0 Å². The van der Waals surface area contributed by atoms with E-state index in [1.54, 1.807) is 44.3 Å². The number of fused-ring (bicyclic) bond motifs is 5. The van der Waals surface area contributed by atoms with Gasteiger partial charge in [0.1, 0.15) is 6.33 Å². The number of ether oxygens (including phenoxy) is 3. The minimum absolute atomic E-state index is 0.244. The summed E-state index contributed by atoms with van der Waals surface area (Å²) in [5.74, 6) is 1.83. The molecule has 0 N–H and O–H groups in total. The molecule has 0 radical (unpaired) electrons. The molecule has 33 heavy (non-hydrogen) atoms. The molecule has 0 atom stereocenters. The molecule has 0 saturated carbocycles. The van der Waals surface area contributed by atoms with E-state index < -0.39 is 5.97 Å². The first-order chi connectivity index (χ1) is 16.0. The summed E-state index contributed by atoms with van der Waals surface area (Å²) in [6.07, 6.45) is 1.61. The van der Waals surface area contributed by atoms with Crippen LogP contribution in [0.5, 0.6) is 11.5 Å². The molecule has 0 fully saturated rings. The van der Waals surface area contributed by atoms with Crippen LogP contribution in [0.1, 0.15) is 23.1 Å².